The average molecular weight is 201 g/mol. The van der Waals surface area contributed by atoms with Crippen LogP contribution in [0.1, 0.15) is 22.5 Å². The van der Waals surface area contributed by atoms with E-state index in [0.29, 0.717) is 5.92 Å². The molecule has 4 aliphatic rings. The second kappa shape index (κ2) is 2.88. The number of fused-ring (bicyclic) bond motifs is 2. The maximum absolute atomic E-state index is 8.19. The summed E-state index contributed by atoms with van der Waals surface area (Å²) in [4.78, 5) is 2.36. The van der Waals surface area contributed by atoms with Gasteiger partial charge in [-0.3, -0.25) is 0 Å². The summed E-state index contributed by atoms with van der Waals surface area (Å²) in [5, 5.41) is 0. The third-order valence-electron chi connectivity index (χ3n) is 3.48. The molecule has 4 aliphatic heterocycles. The molecule has 3 heteroatoms. The largest absolute Gasteiger partial charge is 0.359 e. The lowest BCUT2D eigenvalue weighted by Gasteiger charge is -2.50. The molecule has 0 aromatic carbocycles. The Labute approximate surface area is 86.8 Å². The van der Waals surface area contributed by atoms with E-state index in [-0.39, 0.29) is 5.44 Å². The van der Waals surface area contributed by atoms with Gasteiger partial charge in [0.1, 0.15) is 5.44 Å². The van der Waals surface area contributed by atoms with E-state index in [1.54, 1.807) is 0 Å². The molecular weight excluding hydrogens is 182 g/mol. The molecule has 4 fully saturated rings. The topological polar surface area (TPSA) is 12.5 Å². The van der Waals surface area contributed by atoms with Gasteiger partial charge in [0.2, 0.25) is 0 Å². The van der Waals surface area contributed by atoms with Crippen molar-refractivity contribution in [1.29, 1.82) is 0 Å². The van der Waals surface area contributed by atoms with E-state index in [9.17, 15) is 0 Å². The van der Waals surface area contributed by atoms with Crippen LogP contribution in [0.5, 0.6) is 0 Å². The summed E-state index contributed by atoms with van der Waals surface area (Å²) >= 11 is 1.35. The van der Waals surface area contributed by atoms with E-state index >= 15 is 0 Å². The molecule has 4 rings (SSSR count). The fourth-order valence-corrected chi connectivity index (χ4v) is 3.66. The van der Waals surface area contributed by atoms with Crippen LogP contribution in [0.2, 0.25) is 0 Å². The summed E-state index contributed by atoms with van der Waals surface area (Å²) in [6.07, 6.45) is 2.21. The molecule has 0 N–H and O–H groups in total. The first-order valence-electron chi connectivity index (χ1n) is 6.11. The Morgan fingerprint density at radius 2 is 2.31 bits per heavy atom. The van der Waals surface area contributed by atoms with E-state index in [1.165, 1.54) is 11.8 Å². The maximum Gasteiger partial charge on any atom is 0.101 e. The summed E-state index contributed by atoms with van der Waals surface area (Å²) in [5.74, 6) is 0.426. The number of nitrogens with zero attached hydrogens (tertiary/aromatic N) is 1. The molecule has 0 radical (unpaired) electrons. The number of hydrogen-bond acceptors (Lipinski definition) is 3. The Morgan fingerprint density at radius 1 is 1.54 bits per heavy atom. The van der Waals surface area contributed by atoms with E-state index in [1.807, 2.05) is 6.92 Å². The molecule has 4 heterocycles. The van der Waals surface area contributed by atoms with Crippen molar-refractivity contribution >= 4 is 11.8 Å². The number of rotatable bonds is 0. The van der Waals surface area contributed by atoms with Crippen molar-refractivity contribution in [2.45, 2.75) is 30.8 Å². The minimum Gasteiger partial charge on any atom is -0.359 e. The van der Waals surface area contributed by atoms with Gasteiger partial charge in [-0.05, 0) is 38.8 Å². The highest BCUT2D eigenvalue weighted by Crippen LogP contribution is 2.46. The molecule has 0 aromatic heterocycles. The van der Waals surface area contributed by atoms with Gasteiger partial charge in [0.25, 0.3) is 0 Å². The van der Waals surface area contributed by atoms with Crippen LogP contribution in [0.15, 0.2) is 0 Å². The lowest BCUT2D eigenvalue weighted by atomic mass is 9.76. The molecule has 0 amide bonds. The zero-order chi connectivity index (χ0) is 10.7. The first kappa shape index (κ1) is 6.70. The number of hydrogen-bond donors (Lipinski definition) is 0. The zero-order valence-corrected chi connectivity index (χ0v) is 8.77. The SMILES string of the molecule is [2H]C1([2H])SC(C)OC12CN1CCC2CC1. The molecule has 74 valence electrons. The predicted octanol–water partition coefficient (Wildman–Crippen LogP) is 1.56. The van der Waals surface area contributed by atoms with Gasteiger partial charge in [-0.1, -0.05) is 0 Å². The number of piperidine rings is 3. The van der Waals surface area contributed by atoms with Gasteiger partial charge in [0.05, 0.1) is 5.60 Å². The van der Waals surface area contributed by atoms with Gasteiger partial charge in [0, 0.05) is 15.0 Å². The Balaban J connectivity index is 1.96. The first-order valence-corrected chi connectivity index (χ1v) is 5.99. The van der Waals surface area contributed by atoms with Crippen LogP contribution >= 0.6 is 11.8 Å². The van der Waals surface area contributed by atoms with Gasteiger partial charge >= 0.3 is 0 Å². The van der Waals surface area contributed by atoms with E-state index < -0.39 is 11.3 Å². The standard InChI is InChI=1S/C10H17NOS/c1-8-12-10(7-13-8)6-11-4-2-9(10)3-5-11/h8-9H,2-7H2,1H3/i7D2. The van der Waals surface area contributed by atoms with Crippen LogP contribution in [-0.4, -0.2) is 41.3 Å². The van der Waals surface area contributed by atoms with Crippen LogP contribution in [-0.2, 0) is 4.74 Å². The fourth-order valence-electron chi connectivity index (χ4n) is 2.79. The second-order valence-corrected chi connectivity index (χ2v) is 5.45. The fraction of sp³-hybridized carbons (Fsp3) is 1.00. The first-order chi connectivity index (χ1) is 7.03. The summed E-state index contributed by atoms with van der Waals surface area (Å²) in [6.45, 7) is 5.02. The minimum absolute atomic E-state index is 0.000509. The van der Waals surface area contributed by atoms with Crippen molar-refractivity contribution in [3.8, 4) is 0 Å². The summed E-state index contributed by atoms with van der Waals surface area (Å²) < 4.78 is 22.4. The zero-order valence-electron chi connectivity index (χ0n) is 9.95. The van der Waals surface area contributed by atoms with Crippen LogP contribution in [0.25, 0.3) is 0 Å². The molecule has 0 aromatic rings. The Hall–Kier alpha value is 0.270. The molecule has 2 unspecified atom stereocenters. The normalized spacial score (nSPS) is 60.8. The van der Waals surface area contributed by atoms with Crippen molar-refractivity contribution in [3.05, 3.63) is 0 Å². The van der Waals surface area contributed by atoms with E-state index in [4.69, 9.17) is 7.48 Å². The summed E-state index contributed by atoms with van der Waals surface area (Å²) in [7, 11) is 0. The third-order valence-corrected chi connectivity index (χ3v) is 4.37. The molecule has 2 atom stereocenters. The van der Waals surface area contributed by atoms with Gasteiger partial charge < -0.3 is 9.64 Å². The molecule has 2 bridgehead atoms. The van der Waals surface area contributed by atoms with Crippen molar-refractivity contribution in [1.82, 2.24) is 4.90 Å². The summed E-state index contributed by atoms with van der Waals surface area (Å²) in [5.41, 5.74) is -1.73. The lowest BCUT2D eigenvalue weighted by Crippen LogP contribution is -2.60. The number of thioether (sulfide) groups is 1. The number of ether oxygens (including phenoxy) is 1. The second-order valence-electron chi connectivity index (χ2n) is 4.35. The molecule has 2 nitrogen and oxygen atoms in total. The molecule has 13 heavy (non-hydrogen) atoms. The molecule has 0 aliphatic carbocycles. The van der Waals surface area contributed by atoms with Crippen LogP contribution in [0.4, 0.5) is 0 Å². The van der Waals surface area contributed by atoms with Gasteiger partial charge in [-0.25, -0.2) is 0 Å². The molecular formula is C10H17NOS. The molecule has 4 saturated heterocycles. The van der Waals surface area contributed by atoms with Crippen LogP contribution in [0, 0.1) is 5.92 Å². The smallest absolute Gasteiger partial charge is 0.101 e. The van der Waals surface area contributed by atoms with E-state index in [0.717, 1.165) is 32.5 Å². The predicted molar refractivity (Wildman–Crippen MR) is 54.9 cm³/mol. The van der Waals surface area contributed by atoms with Gasteiger partial charge in [-0.15, -0.1) is 11.8 Å². The Morgan fingerprint density at radius 3 is 2.77 bits per heavy atom. The summed E-state index contributed by atoms with van der Waals surface area (Å²) in [6, 6.07) is 0. The molecule has 0 saturated carbocycles. The van der Waals surface area contributed by atoms with Crippen molar-refractivity contribution in [2.75, 3.05) is 25.3 Å². The molecule has 1 spiro atoms. The third kappa shape index (κ3) is 1.24. The minimum atomic E-state index is -1.21. The van der Waals surface area contributed by atoms with Crippen LogP contribution in [0.3, 0.4) is 0 Å². The quantitative estimate of drug-likeness (QED) is 0.590. The highest BCUT2D eigenvalue weighted by molar-refractivity contribution is 8.00. The average Bonchev–Trinajstić information content (AvgIpc) is 2.38. The Kier molecular flexibility index (Phi) is 1.48. The van der Waals surface area contributed by atoms with Crippen molar-refractivity contribution in [2.24, 2.45) is 5.92 Å². The van der Waals surface area contributed by atoms with E-state index in [2.05, 4.69) is 4.90 Å². The van der Waals surface area contributed by atoms with Crippen molar-refractivity contribution < 1.29 is 7.48 Å². The lowest BCUT2D eigenvalue weighted by molar-refractivity contribution is -0.133. The highest BCUT2D eigenvalue weighted by Gasteiger charge is 2.51. The van der Waals surface area contributed by atoms with Crippen molar-refractivity contribution in [3.63, 3.8) is 0 Å². The van der Waals surface area contributed by atoms with Gasteiger partial charge in [-0.2, -0.15) is 0 Å². The highest BCUT2D eigenvalue weighted by atomic mass is 32.2. The monoisotopic (exact) mass is 201 g/mol. The maximum atomic E-state index is 8.19. The Bertz CT molecular complexity index is 281. The van der Waals surface area contributed by atoms with Gasteiger partial charge in [0.15, 0.2) is 0 Å². The van der Waals surface area contributed by atoms with Crippen LogP contribution < -0.4 is 0 Å².